The Bertz CT molecular complexity index is 977. The van der Waals surface area contributed by atoms with Crippen LogP contribution in [0.15, 0.2) is 42.5 Å². The minimum Gasteiger partial charge on any atom is -0.335 e. The van der Waals surface area contributed by atoms with Crippen LogP contribution in [0, 0.1) is 5.92 Å². The van der Waals surface area contributed by atoms with E-state index in [4.69, 9.17) is 0 Å². The van der Waals surface area contributed by atoms with Gasteiger partial charge < -0.3 is 9.80 Å². The second kappa shape index (κ2) is 7.66. The van der Waals surface area contributed by atoms with Crippen molar-refractivity contribution in [3.63, 3.8) is 0 Å². The molecule has 2 atom stereocenters. The summed E-state index contributed by atoms with van der Waals surface area (Å²) in [5.41, 5.74) is 3.53. The van der Waals surface area contributed by atoms with Gasteiger partial charge in [-0.25, -0.2) is 0 Å². The Morgan fingerprint density at radius 3 is 2.26 bits per heavy atom. The number of amides is 1. The topological polar surface area (TPSA) is 23.6 Å². The third-order valence-electron chi connectivity index (χ3n) is 7.38. The highest BCUT2D eigenvalue weighted by Crippen LogP contribution is 2.50. The first-order valence-corrected chi connectivity index (χ1v) is 11.1. The number of halogens is 3. The number of hydrogen-bond acceptors (Lipinski definition) is 2. The normalized spacial score (nSPS) is 24.3. The molecular weight excluding hydrogens is 401 g/mol. The van der Waals surface area contributed by atoms with Crippen LogP contribution in [0.4, 0.5) is 13.2 Å². The van der Waals surface area contributed by atoms with Crippen LogP contribution in [-0.2, 0) is 11.0 Å². The first kappa shape index (κ1) is 20.6. The van der Waals surface area contributed by atoms with E-state index in [-0.39, 0.29) is 17.9 Å². The van der Waals surface area contributed by atoms with Gasteiger partial charge in [-0.1, -0.05) is 24.3 Å². The Morgan fingerprint density at radius 1 is 0.903 bits per heavy atom. The van der Waals surface area contributed by atoms with E-state index in [0.717, 1.165) is 68.6 Å². The number of piperidine rings is 2. The van der Waals surface area contributed by atoms with Crippen molar-refractivity contribution in [1.82, 2.24) is 9.80 Å². The van der Waals surface area contributed by atoms with Gasteiger partial charge in [0.15, 0.2) is 0 Å². The van der Waals surface area contributed by atoms with E-state index in [0.29, 0.717) is 5.92 Å². The van der Waals surface area contributed by atoms with Crippen LogP contribution >= 0.6 is 0 Å². The Labute approximate surface area is 180 Å². The molecule has 2 heterocycles. The molecule has 164 valence electrons. The predicted molar refractivity (Wildman–Crippen MR) is 114 cm³/mol. The molecule has 0 radical (unpaired) electrons. The van der Waals surface area contributed by atoms with Crippen molar-refractivity contribution < 1.29 is 18.0 Å². The number of carbonyl (C=O) groups is 1. The number of nitrogens with zero attached hydrogens (tertiary/aromatic N) is 2. The van der Waals surface area contributed by atoms with Crippen LogP contribution in [0.25, 0.3) is 11.1 Å². The van der Waals surface area contributed by atoms with Crippen LogP contribution < -0.4 is 0 Å². The van der Waals surface area contributed by atoms with E-state index in [1.54, 1.807) is 0 Å². The Balaban J connectivity index is 1.41. The molecule has 2 bridgehead atoms. The van der Waals surface area contributed by atoms with Gasteiger partial charge in [0.25, 0.3) is 0 Å². The average molecular weight is 428 g/mol. The van der Waals surface area contributed by atoms with E-state index in [1.165, 1.54) is 23.3 Å². The van der Waals surface area contributed by atoms with E-state index in [2.05, 4.69) is 29.0 Å². The summed E-state index contributed by atoms with van der Waals surface area (Å²) in [6, 6.07) is 11.7. The lowest BCUT2D eigenvalue weighted by Gasteiger charge is -2.38. The Kier molecular flexibility index (Phi) is 5.08. The van der Waals surface area contributed by atoms with Crippen molar-refractivity contribution in [3.8, 4) is 11.1 Å². The molecule has 0 spiro atoms. The van der Waals surface area contributed by atoms with Gasteiger partial charge in [0.2, 0.25) is 5.91 Å². The number of alkyl halides is 3. The second-order valence-electron chi connectivity index (χ2n) is 9.27. The molecule has 6 heteroatoms. The molecule has 2 aromatic rings. The first-order valence-electron chi connectivity index (χ1n) is 11.1. The number of benzene rings is 2. The zero-order valence-electron chi connectivity index (χ0n) is 17.7. The Morgan fingerprint density at radius 2 is 1.58 bits per heavy atom. The smallest absolute Gasteiger partial charge is 0.335 e. The molecule has 1 aliphatic carbocycles. The van der Waals surface area contributed by atoms with E-state index >= 15 is 0 Å². The van der Waals surface area contributed by atoms with Crippen molar-refractivity contribution in [1.29, 1.82) is 0 Å². The molecule has 1 amide bonds. The maximum absolute atomic E-state index is 13.3. The van der Waals surface area contributed by atoms with Crippen LogP contribution in [0.2, 0.25) is 0 Å². The third-order valence-corrected chi connectivity index (χ3v) is 7.38. The third kappa shape index (κ3) is 3.75. The van der Waals surface area contributed by atoms with Gasteiger partial charge in [0, 0.05) is 12.5 Å². The largest absolute Gasteiger partial charge is 0.416 e. The van der Waals surface area contributed by atoms with Gasteiger partial charge in [0.05, 0.1) is 11.6 Å². The van der Waals surface area contributed by atoms with Gasteiger partial charge >= 0.3 is 6.18 Å². The van der Waals surface area contributed by atoms with Crippen molar-refractivity contribution in [2.24, 2.45) is 5.92 Å². The molecule has 0 aromatic heterocycles. The molecule has 5 rings (SSSR count). The maximum Gasteiger partial charge on any atom is 0.416 e. The Hall–Kier alpha value is -2.34. The maximum atomic E-state index is 13.3. The number of fused-ring (bicyclic) bond motifs is 5. The quantitative estimate of drug-likeness (QED) is 0.633. The van der Waals surface area contributed by atoms with Crippen molar-refractivity contribution >= 4 is 5.91 Å². The van der Waals surface area contributed by atoms with Crippen LogP contribution in [0.5, 0.6) is 0 Å². The molecule has 0 N–H and O–H groups in total. The molecule has 1 unspecified atom stereocenters. The fourth-order valence-electron chi connectivity index (χ4n) is 5.56. The molecule has 2 aromatic carbocycles. The highest BCUT2D eigenvalue weighted by atomic mass is 19.4. The highest BCUT2D eigenvalue weighted by molar-refractivity contribution is 5.80. The number of hydrogen-bond donors (Lipinski definition) is 0. The van der Waals surface area contributed by atoms with Crippen LogP contribution in [0.1, 0.15) is 54.3 Å². The van der Waals surface area contributed by atoms with Crippen LogP contribution in [-0.4, -0.2) is 42.4 Å². The van der Waals surface area contributed by atoms with E-state index < -0.39 is 11.7 Å². The van der Waals surface area contributed by atoms with E-state index in [1.807, 2.05) is 6.07 Å². The molecular formula is C25H27F3N2O. The van der Waals surface area contributed by atoms with Gasteiger partial charge in [-0.05, 0) is 92.2 Å². The molecule has 2 saturated heterocycles. The van der Waals surface area contributed by atoms with Crippen LogP contribution in [0.3, 0.4) is 0 Å². The number of rotatable bonds is 2. The number of likely N-dealkylation sites (tertiary alicyclic amines) is 2. The van der Waals surface area contributed by atoms with Gasteiger partial charge in [-0.2, -0.15) is 13.2 Å². The molecule has 3 aliphatic rings. The summed E-state index contributed by atoms with van der Waals surface area (Å²) >= 11 is 0. The minimum absolute atomic E-state index is 0.0929. The zero-order valence-corrected chi connectivity index (χ0v) is 17.7. The van der Waals surface area contributed by atoms with Crippen molar-refractivity contribution in [2.75, 3.05) is 26.7 Å². The summed E-state index contributed by atoms with van der Waals surface area (Å²) in [6.45, 7) is 2.73. The fraction of sp³-hybridized carbons (Fsp3) is 0.480. The molecule has 2 fully saturated rings. The zero-order chi connectivity index (χ0) is 21.8. The molecule has 2 aliphatic heterocycles. The average Bonchev–Trinajstić information content (AvgIpc) is 3.05. The standard InChI is InChI=1S/C25H27F3N2O/c1-29-11-8-17(9-12-29)24(31)30-13-10-19-15-23(30)22-14-18(4-7-21(19)22)16-2-5-20(6-3-16)25(26,27)28/h2-7,14,17,19,23H,8-13,15H2,1H3/t19-,23?/m0/s1. The summed E-state index contributed by atoms with van der Waals surface area (Å²) < 4.78 is 38.7. The lowest BCUT2D eigenvalue weighted by atomic mass is 9.91. The summed E-state index contributed by atoms with van der Waals surface area (Å²) in [4.78, 5) is 17.7. The summed E-state index contributed by atoms with van der Waals surface area (Å²) in [6.07, 6.45) is -0.547. The van der Waals surface area contributed by atoms with Gasteiger partial charge in [0.1, 0.15) is 0 Å². The summed E-state index contributed by atoms with van der Waals surface area (Å²) in [5.74, 6) is 0.863. The highest BCUT2D eigenvalue weighted by Gasteiger charge is 2.42. The molecule has 0 saturated carbocycles. The van der Waals surface area contributed by atoms with Crippen molar-refractivity contribution in [3.05, 3.63) is 59.2 Å². The fourth-order valence-corrected chi connectivity index (χ4v) is 5.56. The number of carbonyl (C=O) groups excluding carboxylic acids is 1. The molecule has 31 heavy (non-hydrogen) atoms. The monoisotopic (exact) mass is 428 g/mol. The van der Waals surface area contributed by atoms with Gasteiger partial charge in [-0.15, -0.1) is 0 Å². The lowest BCUT2D eigenvalue weighted by molar-refractivity contribution is -0.141. The van der Waals surface area contributed by atoms with Gasteiger partial charge in [-0.3, -0.25) is 4.79 Å². The molecule has 3 nitrogen and oxygen atoms in total. The summed E-state index contributed by atoms with van der Waals surface area (Å²) in [5, 5.41) is 0. The lowest BCUT2D eigenvalue weighted by Crippen LogP contribution is -2.44. The van der Waals surface area contributed by atoms with E-state index in [9.17, 15) is 18.0 Å². The second-order valence-corrected chi connectivity index (χ2v) is 9.27. The van der Waals surface area contributed by atoms with Crippen molar-refractivity contribution in [2.45, 2.75) is 43.8 Å². The minimum atomic E-state index is -4.33. The first-order chi connectivity index (χ1) is 14.8. The summed E-state index contributed by atoms with van der Waals surface area (Å²) in [7, 11) is 2.10. The SMILES string of the molecule is CN1CCC(C(=O)N2CC[C@H]3CC2c2cc(-c4ccc(C(F)(F)F)cc4)ccc23)CC1. The predicted octanol–water partition coefficient (Wildman–Crippen LogP) is 5.47.